The van der Waals surface area contributed by atoms with Crippen molar-refractivity contribution in [2.45, 2.75) is 12.3 Å². The van der Waals surface area contributed by atoms with Gasteiger partial charge in [0, 0.05) is 11.5 Å². The Bertz CT molecular complexity index is 951. The van der Waals surface area contributed by atoms with Crippen molar-refractivity contribution in [2.24, 2.45) is 11.0 Å². The summed E-state index contributed by atoms with van der Waals surface area (Å²) >= 11 is 0. The number of fused-ring (bicyclic) bond motifs is 1. The number of nitrogens with zero attached hydrogens (tertiary/aromatic N) is 1. The lowest BCUT2D eigenvalue weighted by Crippen LogP contribution is -2.20. The Morgan fingerprint density at radius 1 is 1.04 bits per heavy atom. The molecule has 25 heavy (non-hydrogen) atoms. The minimum atomic E-state index is -0.0789. The van der Waals surface area contributed by atoms with E-state index in [4.69, 9.17) is 0 Å². The molecule has 1 aliphatic carbocycles. The Hall–Kier alpha value is -3.14. The maximum Gasteiger partial charge on any atom is 0.243 e. The van der Waals surface area contributed by atoms with E-state index in [9.17, 15) is 9.90 Å². The van der Waals surface area contributed by atoms with Crippen molar-refractivity contribution in [1.82, 2.24) is 5.43 Å². The number of amides is 1. The molecule has 0 heterocycles. The topological polar surface area (TPSA) is 61.7 Å². The van der Waals surface area contributed by atoms with Gasteiger partial charge in [-0.2, -0.15) is 5.10 Å². The van der Waals surface area contributed by atoms with Gasteiger partial charge in [-0.05, 0) is 34.7 Å². The molecule has 0 aliphatic heterocycles. The lowest BCUT2D eigenvalue weighted by Gasteiger charge is -2.05. The molecule has 1 amide bonds. The van der Waals surface area contributed by atoms with Gasteiger partial charge in [-0.1, -0.05) is 60.7 Å². The predicted octanol–water partition coefficient (Wildman–Crippen LogP) is 3.80. The van der Waals surface area contributed by atoms with Crippen molar-refractivity contribution in [3.63, 3.8) is 0 Å². The van der Waals surface area contributed by atoms with Crippen LogP contribution in [0.5, 0.6) is 5.75 Å². The fourth-order valence-electron chi connectivity index (χ4n) is 3.22. The predicted molar refractivity (Wildman–Crippen MR) is 98.6 cm³/mol. The monoisotopic (exact) mass is 330 g/mol. The van der Waals surface area contributed by atoms with Crippen LogP contribution in [0, 0.1) is 5.92 Å². The normalized spacial score (nSPS) is 19.2. The Kier molecular flexibility index (Phi) is 3.94. The molecule has 0 aromatic heterocycles. The Balaban J connectivity index is 1.46. The number of carbonyl (C=O) groups excluding carboxylic acids is 1. The minimum absolute atomic E-state index is 0.0272. The van der Waals surface area contributed by atoms with Crippen molar-refractivity contribution in [1.29, 1.82) is 0 Å². The van der Waals surface area contributed by atoms with Crippen LogP contribution in [-0.2, 0) is 4.79 Å². The van der Waals surface area contributed by atoms with Crippen LogP contribution in [0.1, 0.15) is 23.5 Å². The molecule has 3 aromatic carbocycles. The second-order valence-electron chi connectivity index (χ2n) is 6.31. The summed E-state index contributed by atoms with van der Waals surface area (Å²) in [7, 11) is 0. The Morgan fingerprint density at radius 2 is 1.80 bits per heavy atom. The molecule has 1 aliphatic rings. The zero-order valence-electron chi connectivity index (χ0n) is 13.6. The van der Waals surface area contributed by atoms with Crippen LogP contribution >= 0.6 is 0 Å². The number of benzene rings is 3. The zero-order valence-corrected chi connectivity index (χ0v) is 13.6. The third-order valence-electron chi connectivity index (χ3n) is 4.67. The number of aromatic hydroxyl groups is 1. The van der Waals surface area contributed by atoms with E-state index in [2.05, 4.69) is 22.7 Å². The van der Waals surface area contributed by atoms with Gasteiger partial charge in [0.05, 0.1) is 6.21 Å². The SMILES string of the molecule is O=C(N/N=C\c1c(O)ccc2ccccc12)C1CC1c1ccccc1. The molecule has 0 spiro atoms. The highest BCUT2D eigenvalue weighted by Gasteiger charge is 2.43. The van der Waals surface area contributed by atoms with Gasteiger partial charge in [0.25, 0.3) is 0 Å². The van der Waals surface area contributed by atoms with Crippen molar-refractivity contribution >= 4 is 22.9 Å². The molecular formula is C21H18N2O2. The van der Waals surface area contributed by atoms with E-state index >= 15 is 0 Å². The molecule has 1 fully saturated rings. The molecule has 1 saturated carbocycles. The van der Waals surface area contributed by atoms with E-state index in [-0.39, 0.29) is 23.5 Å². The van der Waals surface area contributed by atoms with Gasteiger partial charge >= 0.3 is 0 Å². The average Bonchev–Trinajstić information content (AvgIpc) is 3.45. The summed E-state index contributed by atoms with van der Waals surface area (Å²) in [6.07, 6.45) is 2.36. The Morgan fingerprint density at radius 3 is 2.64 bits per heavy atom. The second kappa shape index (κ2) is 6.40. The van der Waals surface area contributed by atoms with Gasteiger partial charge in [-0.15, -0.1) is 0 Å². The summed E-state index contributed by atoms with van der Waals surface area (Å²) in [5.74, 6) is 0.318. The number of nitrogens with one attached hydrogen (secondary N) is 1. The van der Waals surface area contributed by atoms with Gasteiger partial charge in [-0.25, -0.2) is 5.43 Å². The number of hydrogen-bond donors (Lipinski definition) is 2. The maximum atomic E-state index is 12.2. The van der Waals surface area contributed by atoms with Crippen LogP contribution in [0.4, 0.5) is 0 Å². The fraction of sp³-hybridized carbons (Fsp3) is 0.143. The Labute approximate surface area is 145 Å². The zero-order chi connectivity index (χ0) is 17.2. The van der Waals surface area contributed by atoms with Crippen molar-refractivity contribution in [3.05, 3.63) is 77.9 Å². The third kappa shape index (κ3) is 3.11. The standard InChI is InChI=1S/C21H18N2O2/c24-20-11-10-15-8-4-5-9-16(15)19(20)13-22-23-21(25)18-12-17(18)14-6-2-1-3-7-14/h1-11,13,17-18,24H,12H2,(H,23,25)/b22-13-. The third-order valence-corrected chi connectivity index (χ3v) is 4.67. The molecule has 3 aromatic rings. The number of hydrazone groups is 1. The summed E-state index contributed by atoms with van der Waals surface area (Å²) in [6.45, 7) is 0. The minimum Gasteiger partial charge on any atom is -0.507 e. The van der Waals surface area contributed by atoms with Crippen LogP contribution < -0.4 is 5.43 Å². The van der Waals surface area contributed by atoms with Gasteiger partial charge < -0.3 is 5.11 Å². The molecule has 0 bridgehead atoms. The number of phenols is 1. The number of rotatable bonds is 4. The molecule has 2 N–H and O–H groups in total. The largest absolute Gasteiger partial charge is 0.507 e. The first-order chi connectivity index (χ1) is 12.2. The molecule has 124 valence electrons. The maximum absolute atomic E-state index is 12.2. The lowest BCUT2D eigenvalue weighted by atomic mass is 10.0. The molecule has 0 saturated heterocycles. The first-order valence-electron chi connectivity index (χ1n) is 8.32. The van der Waals surface area contributed by atoms with Gasteiger partial charge in [0.2, 0.25) is 5.91 Å². The molecular weight excluding hydrogens is 312 g/mol. The van der Waals surface area contributed by atoms with Crippen molar-refractivity contribution in [3.8, 4) is 5.75 Å². The highest BCUT2D eigenvalue weighted by atomic mass is 16.3. The van der Waals surface area contributed by atoms with E-state index in [1.807, 2.05) is 48.5 Å². The summed E-state index contributed by atoms with van der Waals surface area (Å²) in [5, 5.41) is 16.1. The lowest BCUT2D eigenvalue weighted by molar-refractivity contribution is -0.122. The van der Waals surface area contributed by atoms with Crippen LogP contribution in [0.2, 0.25) is 0 Å². The summed E-state index contributed by atoms with van der Waals surface area (Å²) in [5.41, 5.74) is 4.40. The number of hydrogen-bond acceptors (Lipinski definition) is 3. The quantitative estimate of drug-likeness (QED) is 0.564. The first-order valence-corrected chi connectivity index (χ1v) is 8.32. The van der Waals surface area contributed by atoms with Gasteiger partial charge in [-0.3, -0.25) is 4.79 Å². The van der Waals surface area contributed by atoms with E-state index < -0.39 is 0 Å². The van der Waals surface area contributed by atoms with E-state index in [0.717, 1.165) is 17.2 Å². The van der Waals surface area contributed by atoms with Gasteiger partial charge in [0.15, 0.2) is 0 Å². The first kappa shape index (κ1) is 15.4. The molecule has 4 nitrogen and oxygen atoms in total. The van der Waals surface area contributed by atoms with E-state index in [1.165, 1.54) is 11.8 Å². The molecule has 4 rings (SSSR count). The van der Waals surface area contributed by atoms with Crippen LogP contribution in [0.15, 0.2) is 71.8 Å². The van der Waals surface area contributed by atoms with Gasteiger partial charge in [0.1, 0.15) is 5.75 Å². The van der Waals surface area contributed by atoms with Crippen LogP contribution in [0.25, 0.3) is 10.8 Å². The second-order valence-corrected chi connectivity index (χ2v) is 6.31. The summed E-state index contributed by atoms with van der Waals surface area (Å²) in [6, 6.07) is 21.3. The average molecular weight is 330 g/mol. The highest BCUT2D eigenvalue weighted by Crippen LogP contribution is 2.47. The van der Waals surface area contributed by atoms with Crippen molar-refractivity contribution < 1.29 is 9.90 Å². The summed E-state index contributed by atoms with van der Waals surface area (Å²) < 4.78 is 0. The molecule has 2 atom stereocenters. The highest BCUT2D eigenvalue weighted by molar-refractivity contribution is 6.02. The van der Waals surface area contributed by atoms with Crippen molar-refractivity contribution in [2.75, 3.05) is 0 Å². The van der Waals surface area contributed by atoms with E-state index in [1.54, 1.807) is 6.07 Å². The fourth-order valence-corrected chi connectivity index (χ4v) is 3.22. The molecule has 4 heteroatoms. The number of phenolic OH excluding ortho intramolecular Hbond substituents is 1. The van der Waals surface area contributed by atoms with Crippen LogP contribution in [0.3, 0.4) is 0 Å². The van der Waals surface area contributed by atoms with Crippen LogP contribution in [-0.4, -0.2) is 17.2 Å². The summed E-state index contributed by atoms with van der Waals surface area (Å²) in [4.78, 5) is 12.2. The number of carbonyl (C=O) groups is 1. The molecule has 2 unspecified atom stereocenters. The smallest absolute Gasteiger partial charge is 0.243 e. The molecule has 0 radical (unpaired) electrons. The van der Waals surface area contributed by atoms with E-state index in [0.29, 0.717) is 5.56 Å².